The molecule has 0 atom stereocenters. The quantitative estimate of drug-likeness (QED) is 0.900. The second-order valence-electron chi connectivity index (χ2n) is 4.28. The Balaban J connectivity index is 1.90. The Morgan fingerprint density at radius 3 is 2.85 bits per heavy atom. The lowest BCUT2D eigenvalue weighted by Crippen LogP contribution is -2.32. The van der Waals surface area contributed by atoms with Crippen LogP contribution in [0.2, 0.25) is 0 Å². The lowest BCUT2D eigenvalue weighted by atomic mass is 10.2. The fourth-order valence-corrected chi connectivity index (χ4v) is 1.75. The molecule has 1 aromatic carbocycles. The van der Waals surface area contributed by atoms with Gasteiger partial charge >= 0.3 is 0 Å². The molecule has 0 bridgehead atoms. The predicted molar refractivity (Wildman–Crippen MR) is 73.1 cm³/mol. The zero-order valence-electron chi connectivity index (χ0n) is 11.3. The first-order valence-electron chi connectivity index (χ1n) is 6.42. The number of benzene rings is 1. The third-order valence-corrected chi connectivity index (χ3v) is 2.80. The van der Waals surface area contributed by atoms with Crippen LogP contribution in [0.3, 0.4) is 0 Å². The maximum atomic E-state index is 13.8. The normalized spacial score (nSPS) is 14.8. The molecule has 0 saturated heterocycles. The molecule has 0 radical (unpaired) electrons. The summed E-state index contributed by atoms with van der Waals surface area (Å²) in [6, 6.07) is 6.37. The van der Waals surface area contributed by atoms with Gasteiger partial charge in [0.15, 0.2) is 11.7 Å². The van der Waals surface area contributed by atoms with Gasteiger partial charge in [0, 0.05) is 24.9 Å². The van der Waals surface area contributed by atoms with Crippen molar-refractivity contribution in [2.75, 3.05) is 20.0 Å². The summed E-state index contributed by atoms with van der Waals surface area (Å²) < 4.78 is 32.4. The third kappa shape index (κ3) is 3.77. The highest BCUT2D eigenvalue weighted by atomic mass is 19.1. The summed E-state index contributed by atoms with van der Waals surface area (Å²) >= 11 is 0. The molecule has 108 valence electrons. The maximum Gasteiger partial charge on any atom is 0.180 e. The minimum atomic E-state index is -0.479. The van der Waals surface area contributed by atoms with E-state index in [9.17, 15) is 8.78 Å². The molecule has 0 unspecified atom stereocenters. The highest BCUT2D eigenvalue weighted by molar-refractivity contribution is 5.96. The van der Waals surface area contributed by atoms with Crippen molar-refractivity contribution in [2.45, 2.75) is 13.5 Å². The summed E-state index contributed by atoms with van der Waals surface area (Å²) in [6.45, 7) is 3.24. The summed E-state index contributed by atoms with van der Waals surface area (Å²) in [4.78, 5) is 5.69. The van der Waals surface area contributed by atoms with Crippen molar-refractivity contribution in [1.29, 1.82) is 0 Å². The third-order valence-electron chi connectivity index (χ3n) is 2.80. The number of ether oxygens (including phenoxy) is 1. The van der Waals surface area contributed by atoms with Crippen molar-refractivity contribution in [3.8, 4) is 0 Å². The van der Waals surface area contributed by atoms with E-state index in [4.69, 9.17) is 4.74 Å². The van der Waals surface area contributed by atoms with Crippen LogP contribution in [0.1, 0.15) is 12.5 Å². The average Bonchev–Trinajstić information content (AvgIpc) is 2.45. The minimum absolute atomic E-state index is 0.140. The second-order valence-corrected chi connectivity index (χ2v) is 4.28. The SMILES string of the molecule is CCOCN1C=C(F)C(NCc2ccccc2F)=NC1. The summed E-state index contributed by atoms with van der Waals surface area (Å²) in [5, 5.41) is 2.80. The molecule has 2 rings (SSSR count). The Hall–Kier alpha value is -1.95. The number of amidine groups is 1. The molecule has 1 aliphatic heterocycles. The molecule has 0 saturated carbocycles. The number of rotatable bonds is 5. The standard InChI is InChI=1S/C14H17F2N3O/c1-2-20-10-19-8-13(16)14(18-9-19)17-7-11-5-3-4-6-12(11)15/h3-6,8H,2,7,9-10H2,1H3,(H,17,18). The van der Waals surface area contributed by atoms with Crippen LogP contribution in [0.4, 0.5) is 8.78 Å². The largest absolute Gasteiger partial charge is 0.364 e. The molecular formula is C14H17F2N3O. The monoisotopic (exact) mass is 281 g/mol. The number of nitrogens with zero attached hydrogens (tertiary/aromatic N) is 2. The van der Waals surface area contributed by atoms with E-state index in [1.807, 2.05) is 6.92 Å². The van der Waals surface area contributed by atoms with Crippen molar-refractivity contribution < 1.29 is 13.5 Å². The van der Waals surface area contributed by atoms with E-state index in [1.165, 1.54) is 12.3 Å². The number of aliphatic imine (C=N–C) groups is 1. The van der Waals surface area contributed by atoms with Gasteiger partial charge in [0.2, 0.25) is 0 Å². The summed E-state index contributed by atoms with van der Waals surface area (Å²) in [7, 11) is 0. The molecule has 1 N–H and O–H groups in total. The topological polar surface area (TPSA) is 36.9 Å². The van der Waals surface area contributed by atoms with E-state index in [0.717, 1.165) is 0 Å². The van der Waals surface area contributed by atoms with E-state index >= 15 is 0 Å². The van der Waals surface area contributed by atoms with Crippen LogP contribution in [0.5, 0.6) is 0 Å². The van der Waals surface area contributed by atoms with E-state index in [0.29, 0.717) is 25.6 Å². The minimum Gasteiger partial charge on any atom is -0.364 e. The van der Waals surface area contributed by atoms with Crippen LogP contribution < -0.4 is 5.32 Å². The Labute approximate surface area is 116 Å². The predicted octanol–water partition coefficient (Wildman–Crippen LogP) is 2.39. The van der Waals surface area contributed by atoms with E-state index in [1.54, 1.807) is 23.1 Å². The van der Waals surface area contributed by atoms with Gasteiger partial charge in [-0.05, 0) is 13.0 Å². The van der Waals surface area contributed by atoms with Gasteiger partial charge in [0.1, 0.15) is 19.2 Å². The van der Waals surface area contributed by atoms with Gasteiger partial charge in [-0.15, -0.1) is 0 Å². The number of nitrogens with one attached hydrogen (secondary N) is 1. The molecule has 1 aliphatic rings. The molecule has 0 amide bonds. The molecule has 1 aromatic rings. The molecule has 0 aromatic heterocycles. The maximum absolute atomic E-state index is 13.8. The van der Waals surface area contributed by atoms with Crippen LogP contribution in [-0.2, 0) is 11.3 Å². The lowest BCUT2D eigenvalue weighted by Gasteiger charge is -2.22. The first-order valence-corrected chi connectivity index (χ1v) is 6.42. The average molecular weight is 281 g/mol. The van der Waals surface area contributed by atoms with Gasteiger partial charge in [-0.3, -0.25) is 0 Å². The van der Waals surface area contributed by atoms with Gasteiger partial charge < -0.3 is 15.0 Å². The second kappa shape index (κ2) is 7.00. The summed E-state index contributed by atoms with van der Waals surface area (Å²) in [5.41, 5.74) is 0.472. The summed E-state index contributed by atoms with van der Waals surface area (Å²) in [6.07, 6.45) is 1.34. The molecule has 0 aliphatic carbocycles. The Morgan fingerprint density at radius 1 is 1.35 bits per heavy atom. The number of hydrogen-bond donors (Lipinski definition) is 1. The molecular weight excluding hydrogens is 264 g/mol. The molecule has 0 spiro atoms. The van der Waals surface area contributed by atoms with Crippen LogP contribution >= 0.6 is 0 Å². The Kier molecular flexibility index (Phi) is 5.06. The van der Waals surface area contributed by atoms with Crippen molar-refractivity contribution in [3.63, 3.8) is 0 Å². The molecule has 1 heterocycles. The summed E-state index contributed by atoms with van der Waals surface area (Å²) in [5.74, 6) is -0.660. The number of hydrogen-bond acceptors (Lipinski definition) is 4. The zero-order chi connectivity index (χ0) is 14.4. The molecule has 0 fully saturated rings. The zero-order valence-corrected chi connectivity index (χ0v) is 11.3. The van der Waals surface area contributed by atoms with Crippen molar-refractivity contribution in [2.24, 2.45) is 4.99 Å². The van der Waals surface area contributed by atoms with E-state index in [-0.39, 0.29) is 18.2 Å². The Morgan fingerprint density at radius 2 is 2.15 bits per heavy atom. The molecule has 6 heteroatoms. The van der Waals surface area contributed by atoms with Gasteiger partial charge in [-0.25, -0.2) is 13.8 Å². The van der Waals surface area contributed by atoms with Gasteiger partial charge in [-0.1, -0.05) is 18.2 Å². The first-order chi connectivity index (χ1) is 9.70. The highest BCUT2D eigenvalue weighted by Gasteiger charge is 2.14. The van der Waals surface area contributed by atoms with Crippen LogP contribution in [0.15, 0.2) is 41.3 Å². The van der Waals surface area contributed by atoms with Gasteiger partial charge in [-0.2, -0.15) is 0 Å². The van der Waals surface area contributed by atoms with Crippen LogP contribution in [-0.4, -0.2) is 30.7 Å². The van der Waals surface area contributed by atoms with Gasteiger partial charge in [0.25, 0.3) is 0 Å². The fourth-order valence-electron chi connectivity index (χ4n) is 1.75. The molecule has 20 heavy (non-hydrogen) atoms. The van der Waals surface area contributed by atoms with Crippen molar-refractivity contribution >= 4 is 5.84 Å². The van der Waals surface area contributed by atoms with Crippen molar-refractivity contribution in [1.82, 2.24) is 10.2 Å². The van der Waals surface area contributed by atoms with Gasteiger partial charge in [0.05, 0.1) is 0 Å². The van der Waals surface area contributed by atoms with Crippen LogP contribution in [0.25, 0.3) is 0 Å². The fraction of sp³-hybridized carbons (Fsp3) is 0.357. The van der Waals surface area contributed by atoms with E-state index < -0.39 is 5.83 Å². The van der Waals surface area contributed by atoms with Crippen molar-refractivity contribution in [3.05, 3.63) is 47.7 Å². The van der Waals surface area contributed by atoms with Crippen LogP contribution in [0, 0.1) is 5.82 Å². The Bertz CT molecular complexity index is 517. The number of halogens is 2. The lowest BCUT2D eigenvalue weighted by molar-refractivity contribution is 0.0621. The first kappa shape index (κ1) is 14.5. The molecule has 4 nitrogen and oxygen atoms in total. The van der Waals surface area contributed by atoms with E-state index in [2.05, 4.69) is 10.3 Å². The highest BCUT2D eigenvalue weighted by Crippen LogP contribution is 2.10. The smallest absolute Gasteiger partial charge is 0.180 e.